The minimum atomic E-state index is -0.355. The summed E-state index contributed by atoms with van der Waals surface area (Å²) in [5.41, 5.74) is 2.06. The van der Waals surface area contributed by atoms with Crippen molar-refractivity contribution in [3.63, 3.8) is 0 Å². The molecule has 1 atom stereocenters. The van der Waals surface area contributed by atoms with Crippen LogP contribution in [0.3, 0.4) is 0 Å². The van der Waals surface area contributed by atoms with Gasteiger partial charge in [-0.2, -0.15) is 5.10 Å². The fraction of sp³-hybridized carbons (Fsp3) is 0.273. The molecule has 5 nitrogen and oxygen atoms in total. The van der Waals surface area contributed by atoms with Crippen LogP contribution in [0.5, 0.6) is 5.75 Å². The number of likely N-dealkylation sites (tertiary alicyclic amines) is 1. The van der Waals surface area contributed by atoms with Crippen molar-refractivity contribution < 1.29 is 18.3 Å². The molecule has 0 bridgehead atoms. The summed E-state index contributed by atoms with van der Waals surface area (Å²) in [4.78, 5) is 14.3. The summed E-state index contributed by atoms with van der Waals surface area (Å²) < 4.78 is 32.6. The molecule has 1 N–H and O–H groups in total. The molecule has 7 heteroatoms. The molecular formula is C22H21F2N3O2. The molecule has 150 valence electrons. The van der Waals surface area contributed by atoms with Gasteiger partial charge in [0.2, 0.25) is 5.91 Å². The van der Waals surface area contributed by atoms with Crippen molar-refractivity contribution in [1.29, 1.82) is 0 Å². The maximum atomic E-state index is 13.8. The Morgan fingerprint density at radius 2 is 2.03 bits per heavy atom. The monoisotopic (exact) mass is 397 g/mol. The van der Waals surface area contributed by atoms with Crippen molar-refractivity contribution >= 4 is 5.91 Å². The number of aromatic nitrogens is 2. The highest BCUT2D eigenvalue weighted by molar-refractivity contribution is 5.79. The Balaban J connectivity index is 1.32. The minimum absolute atomic E-state index is 0.0622. The molecule has 4 rings (SSSR count). The molecule has 1 aliphatic heterocycles. The summed E-state index contributed by atoms with van der Waals surface area (Å²) in [7, 11) is 0. The highest BCUT2D eigenvalue weighted by Gasteiger charge is 2.29. The molecule has 2 aromatic carbocycles. The van der Waals surface area contributed by atoms with E-state index in [1.807, 2.05) is 6.07 Å². The van der Waals surface area contributed by atoms with Crippen molar-refractivity contribution in [2.75, 3.05) is 13.1 Å². The van der Waals surface area contributed by atoms with Gasteiger partial charge in [0.1, 0.15) is 24.0 Å². The Labute approximate surface area is 167 Å². The summed E-state index contributed by atoms with van der Waals surface area (Å²) in [5, 5.41) is 7.28. The first kappa shape index (κ1) is 19.1. The molecule has 3 aromatic rings. The van der Waals surface area contributed by atoms with E-state index in [9.17, 15) is 13.6 Å². The Morgan fingerprint density at radius 1 is 1.17 bits per heavy atom. The number of carbonyl (C=O) groups is 1. The highest BCUT2D eigenvalue weighted by atomic mass is 19.1. The third kappa shape index (κ3) is 4.62. The Bertz CT molecular complexity index is 1000. The van der Waals surface area contributed by atoms with Gasteiger partial charge in [0.15, 0.2) is 0 Å². The third-order valence-electron chi connectivity index (χ3n) is 5.10. The van der Waals surface area contributed by atoms with Gasteiger partial charge in [-0.3, -0.25) is 9.89 Å². The van der Waals surface area contributed by atoms with Crippen LogP contribution in [0.2, 0.25) is 0 Å². The zero-order valence-electron chi connectivity index (χ0n) is 15.8. The number of nitrogens with zero attached hydrogens (tertiary/aromatic N) is 2. The van der Waals surface area contributed by atoms with E-state index in [1.165, 1.54) is 18.2 Å². The molecule has 1 aliphatic rings. The van der Waals surface area contributed by atoms with Gasteiger partial charge in [-0.25, -0.2) is 8.78 Å². The lowest BCUT2D eigenvalue weighted by Gasteiger charge is -2.16. The van der Waals surface area contributed by atoms with Crippen LogP contribution < -0.4 is 4.74 Å². The lowest BCUT2D eigenvalue weighted by molar-refractivity contribution is -0.129. The molecule has 1 fully saturated rings. The molecular weight excluding hydrogens is 376 g/mol. The first-order chi connectivity index (χ1) is 14.1. The summed E-state index contributed by atoms with van der Waals surface area (Å²) >= 11 is 0. The molecule has 0 aliphatic carbocycles. The highest BCUT2D eigenvalue weighted by Crippen LogP contribution is 2.27. The molecule has 0 radical (unpaired) electrons. The van der Waals surface area contributed by atoms with Crippen molar-refractivity contribution in [2.45, 2.75) is 25.4 Å². The van der Waals surface area contributed by atoms with E-state index < -0.39 is 0 Å². The zero-order valence-corrected chi connectivity index (χ0v) is 15.8. The van der Waals surface area contributed by atoms with E-state index in [-0.39, 0.29) is 36.5 Å². The smallest absolute Gasteiger partial charge is 0.227 e. The van der Waals surface area contributed by atoms with E-state index in [0.717, 1.165) is 17.8 Å². The number of hydrogen-bond acceptors (Lipinski definition) is 3. The zero-order chi connectivity index (χ0) is 20.2. The summed E-state index contributed by atoms with van der Waals surface area (Å²) in [6, 6.07) is 14.2. The average molecular weight is 397 g/mol. The number of amides is 1. The van der Waals surface area contributed by atoms with Crippen LogP contribution in [-0.4, -0.2) is 34.1 Å². The first-order valence-corrected chi connectivity index (χ1v) is 9.52. The largest absolute Gasteiger partial charge is 0.487 e. The molecule has 1 amide bonds. The molecule has 1 saturated heterocycles. The minimum Gasteiger partial charge on any atom is -0.487 e. The Hall–Kier alpha value is -3.22. The third-order valence-corrected chi connectivity index (χ3v) is 5.10. The van der Waals surface area contributed by atoms with Gasteiger partial charge < -0.3 is 9.64 Å². The van der Waals surface area contributed by atoms with E-state index in [0.29, 0.717) is 24.4 Å². The molecule has 29 heavy (non-hydrogen) atoms. The average Bonchev–Trinajstić information content (AvgIpc) is 3.38. The van der Waals surface area contributed by atoms with E-state index in [4.69, 9.17) is 4.74 Å². The van der Waals surface area contributed by atoms with Crippen LogP contribution in [0.1, 0.15) is 29.3 Å². The van der Waals surface area contributed by atoms with Crippen LogP contribution >= 0.6 is 0 Å². The molecule has 0 spiro atoms. The van der Waals surface area contributed by atoms with E-state index in [2.05, 4.69) is 10.2 Å². The van der Waals surface area contributed by atoms with Gasteiger partial charge in [0.05, 0.1) is 17.8 Å². The van der Waals surface area contributed by atoms with Gasteiger partial charge in [-0.1, -0.05) is 24.3 Å². The maximum absolute atomic E-state index is 13.8. The number of benzene rings is 2. The number of hydrogen-bond donors (Lipinski definition) is 1. The van der Waals surface area contributed by atoms with Gasteiger partial charge in [-0.05, 0) is 36.2 Å². The second kappa shape index (κ2) is 8.43. The Morgan fingerprint density at radius 3 is 2.86 bits per heavy atom. The lowest BCUT2D eigenvalue weighted by Crippen LogP contribution is -2.30. The van der Waals surface area contributed by atoms with Gasteiger partial charge in [0, 0.05) is 25.1 Å². The fourth-order valence-electron chi connectivity index (χ4n) is 3.53. The van der Waals surface area contributed by atoms with Crippen LogP contribution in [0.4, 0.5) is 8.78 Å². The predicted molar refractivity (Wildman–Crippen MR) is 103 cm³/mol. The number of halogens is 2. The van der Waals surface area contributed by atoms with Crippen LogP contribution in [0, 0.1) is 11.6 Å². The van der Waals surface area contributed by atoms with Gasteiger partial charge in [0.25, 0.3) is 0 Å². The normalized spacial score (nSPS) is 16.2. The first-order valence-electron chi connectivity index (χ1n) is 9.52. The van der Waals surface area contributed by atoms with Crippen LogP contribution in [0.25, 0.3) is 0 Å². The fourth-order valence-corrected chi connectivity index (χ4v) is 3.53. The van der Waals surface area contributed by atoms with E-state index in [1.54, 1.807) is 35.2 Å². The van der Waals surface area contributed by atoms with Crippen molar-refractivity contribution in [3.8, 4) is 5.75 Å². The lowest BCUT2D eigenvalue weighted by atomic mass is 10.1. The predicted octanol–water partition coefficient (Wildman–Crippen LogP) is 3.83. The number of ether oxygens (including phenoxy) is 1. The number of rotatable bonds is 6. The Kier molecular flexibility index (Phi) is 5.55. The molecule has 1 unspecified atom stereocenters. The summed E-state index contributed by atoms with van der Waals surface area (Å²) in [6.45, 7) is 1.43. The van der Waals surface area contributed by atoms with Crippen molar-refractivity contribution in [3.05, 3.63) is 83.2 Å². The second-order valence-corrected chi connectivity index (χ2v) is 7.16. The molecule has 0 saturated carbocycles. The summed E-state index contributed by atoms with van der Waals surface area (Å²) in [5.74, 6) is -0.209. The number of aromatic amines is 1. The van der Waals surface area contributed by atoms with Crippen molar-refractivity contribution in [1.82, 2.24) is 15.1 Å². The maximum Gasteiger partial charge on any atom is 0.227 e. The SMILES string of the molecule is O=C(Cc1ccccc1F)N1CCC(c2cc(COc3cccc(F)c3)[nH]n2)C1. The number of H-pyrrole nitrogens is 1. The van der Waals surface area contributed by atoms with Gasteiger partial charge >= 0.3 is 0 Å². The van der Waals surface area contributed by atoms with Crippen LogP contribution in [0.15, 0.2) is 54.6 Å². The number of carbonyl (C=O) groups excluding carboxylic acids is 1. The summed E-state index contributed by atoms with van der Waals surface area (Å²) in [6.07, 6.45) is 0.866. The van der Waals surface area contributed by atoms with Gasteiger partial charge in [-0.15, -0.1) is 0 Å². The standard InChI is InChI=1S/C22H21F2N3O2/c23-17-5-3-6-19(11-17)29-14-18-12-21(26-25-18)16-8-9-27(13-16)22(28)10-15-4-1-2-7-20(15)24/h1-7,11-12,16H,8-10,13-14H2,(H,25,26). The number of nitrogens with one attached hydrogen (secondary N) is 1. The quantitative estimate of drug-likeness (QED) is 0.688. The second-order valence-electron chi connectivity index (χ2n) is 7.16. The topological polar surface area (TPSA) is 58.2 Å². The van der Waals surface area contributed by atoms with Crippen LogP contribution in [-0.2, 0) is 17.8 Å². The van der Waals surface area contributed by atoms with E-state index >= 15 is 0 Å². The molecule has 2 heterocycles. The van der Waals surface area contributed by atoms with Crippen molar-refractivity contribution in [2.24, 2.45) is 0 Å². The molecule has 1 aromatic heterocycles.